The first-order valence-corrected chi connectivity index (χ1v) is 6.98. The van der Waals surface area contributed by atoms with Gasteiger partial charge in [0.2, 0.25) is 5.88 Å². The van der Waals surface area contributed by atoms with Gasteiger partial charge in [0.25, 0.3) is 0 Å². The Morgan fingerprint density at radius 1 is 1.32 bits per heavy atom. The standard InChI is InChI=1S/C14H23N3OS/c1-10(2)17(11(3)4)8-9-18-13-7-5-6-12(16-13)14(15)19/h5-7,10-11H,8-9H2,1-4H3,(H2,15,19). The van der Waals surface area contributed by atoms with E-state index in [0.717, 1.165) is 6.54 Å². The molecule has 0 aliphatic heterocycles. The molecular formula is C14H23N3OS. The smallest absolute Gasteiger partial charge is 0.213 e. The van der Waals surface area contributed by atoms with Gasteiger partial charge in [0.05, 0.1) is 0 Å². The zero-order valence-corrected chi connectivity index (χ0v) is 12.9. The Bertz CT molecular complexity index is 413. The van der Waals surface area contributed by atoms with E-state index in [1.165, 1.54) is 0 Å². The van der Waals surface area contributed by atoms with E-state index in [1.54, 1.807) is 6.07 Å². The number of hydrogen-bond acceptors (Lipinski definition) is 4. The maximum Gasteiger partial charge on any atom is 0.213 e. The lowest BCUT2D eigenvalue weighted by Crippen LogP contribution is -2.39. The van der Waals surface area contributed by atoms with Gasteiger partial charge in [-0.2, -0.15) is 0 Å². The van der Waals surface area contributed by atoms with Gasteiger partial charge in [-0.25, -0.2) is 4.98 Å². The highest BCUT2D eigenvalue weighted by Gasteiger charge is 2.13. The molecule has 0 unspecified atom stereocenters. The Morgan fingerprint density at radius 3 is 2.47 bits per heavy atom. The van der Waals surface area contributed by atoms with Crippen LogP contribution < -0.4 is 10.5 Å². The van der Waals surface area contributed by atoms with Gasteiger partial charge < -0.3 is 10.5 Å². The van der Waals surface area contributed by atoms with Crippen LogP contribution in [0.15, 0.2) is 18.2 Å². The van der Waals surface area contributed by atoms with Crippen molar-refractivity contribution in [3.63, 3.8) is 0 Å². The molecule has 0 saturated carbocycles. The minimum atomic E-state index is 0.288. The second kappa shape index (κ2) is 7.40. The number of hydrogen-bond donors (Lipinski definition) is 1. The third kappa shape index (κ3) is 5.12. The van der Waals surface area contributed by atoms with Crippen LogP contribution in [0.5, 0.6) is 5.88 Å². The SMILES string of the molecule is CC(C)N(CCOc1cccc(C(N)=S)n1)C(C)C. The molecule has 106 valence electrons. The van der Waals surface area contributed by atoms with Crippen molar-refractivity contribution in [1.82, 2.24) is 9.88 Å². The van der Waals surface area contributed by atoms with E-state index < -0.39 is 0 Å². The van der Waals surface area contributed by atoms with Gasteiger partial charge in [0, 0.05) is 24.7 Å². The third-order valence-electron chi connectivity index (χ3n) is 2.90. The van der Waals surface area contributed by atoms with Crippen LogP contribution in [0.4, 0.5) is 0 Å². The first-order chi connectivity index (χ1) is 8.91. The molecule has 1 aromatic heterocycles. The molecule has 19 heavy (non-hydrogen) atoms. The van der Waals surface area contributed by atoms with Crippen molar-refractivity contribution < 1.29 is 4.74 Å². The number of nitrogens with two attached hydrogens (primary N) is 1. The summed E-state index contributed by atoms with van der Waals surface area (Å²) >= 11 is 4.90. The van der Waals surface area contributed by atoms with Crippen LogP contribution in [0, 0.1) is 0 Å². The highest BCUT2D eigenvalue weighted by atomic mass is 32.1. The van der Waals surface area contributed by atoms with Crippen molar-refractivity contribution in [3.05, 3.63) is 23.9 Å². The van der Waals surface area contributed by atoms with Crippen LogP contribution in [-0.4, -0.2) is 40.1 Å². The second-order valence-electron chi connectivity index (χ2n) is 5.00. The van der Waals surface area contributed by atoms with Crippen LogP contribution in [0.2, 0.25) is 0 Å². The molecular weight excluding hydrogens is 258 g/mol. The van der Waals surface area contributed by atoms with Crippen LogP contribution in [-0.2, 0) is 0 Å². The van der Waals surface area contributed by atoms with E-state index >= 15 is 0 Å². The maximum absolute atomic E-state index is 5.66. The fourth-order valence-electron chi connectivity index (χ4n) is 2.00. The average Bonchev–Trinajstić information content (AvgIpc) is 2.34. The molecule has 1 heterocycles. The molecule has 1 aromatic rings. The molecule has 5 heteroatoms. The molecule has 0 radical (unpaired) electrons. The number of rotatable bonds is 7. The first-order valence-electron chi connectivity index (χ1n) is 6.57. The first kappa shape index (κ1) is 15.9. The van der Waals surface area contributed by atoms with Gasteiger partial charge in [-0.15, -0.1) is 0 Å². The van der Waals surface area contributed by atoms with E-state index in [-0.39, 0.29) is 4.99 Å². The number of ether oxygens (including phenoxy) is 1. The molecule has 0 spiro atoms. The molecule has 1 rings (SSSR count). The van der Waals surface area contributed by atoms with Crippen LogP contribution in [0.3, 0.4) is 0 Å². The summed E-state index contributed by atoms with van der Waals surface area (Å²) < 4.78 is 5.66. The monoisotopic (exact) mass is 281 g/mol. The third-order valence-corrected chi connectivity index (χ3v) is 3.11. The van der Waals surface area contributed by atoms with Gasteiger partial charge in [-0.05, 0) is 33.8 Å². The van der Waals surface area contributed by atoms with Crippen molar-refractivity contribution in [2.24, 2.45) is 5.73 Å². The fourth-order valence-corrected chi connectivity index (χ4v) is 2.11. The minimum absolute atomic E-state index is 0.288. The Hall–Kier alpha value is -1.20. The lowest BCUT2D eigenvalue weighted by atomic mass is 10.2. The lowest BCUT2D eigenvalue weighted by Gasteiger charge is -2.30. The van der Waals surface area contributed by atoms with E-state index in [9.17, 15) is 0 Å². The molecule has 0 aromatic carbocycles. The van der Waals surface area contributed by atoms with Crippen molar-refractivity contribution >= 4 is 17.2 Å². The lowest BCUT2D eigenvalue weighted by molar-refractivity contribution is 0.140. The Kier molecular flexibility index (Phi) is 6.18. The Morgan fingerprint density at radius 2 is 1.95 bits per heavy atom. The quantitative estimate of drug-likeness (QED) is 0.777. The highest BCUT2D eigenvalue weighted by molar-refractivity contribution is 7.80. The van der Waals surface area contributed by atoms with Gasteiger partial charge in [0.15, 0.2) is 0 Å². The summed E-state index contributed by atoms with van der Waals surface area (Å²) in [7, 11) is 0. The number of pyridine rings is 1. The molecule has 0 aliphatic rings. The van der Waals surface area contributed by atoms with E-state index in [0.29, 0.717) is 30.3 Å². The van der Waals surface area contributed by atoms with Gasteiger partial charge >= 0.3 is 0 Å². The zero-order chi connectivity index (χ0) is 14.4. The van der Waals surface area contributed by atoms with Crippen molar-refractivity contribution in [1.29, 1.82) is 0 Å². The Balaban J connectivity index is 2.53. The molecule has 0 fully saturated rings. The van der Waals surface area contributed by atoms with Crippen molar-refractivity contribution in [2.75, 3.05) is 13.2 Å². The van der Waals surface area contributed by atoms with Crippen LogP contribution in [0.25, 0.3) is 0 Å². The number of thiocarbonyl (C=S) groups is 1. The second-order valence-corrected chi connectivity index (χ2v) is 5.44. The summed E-state index contributed by atoms with van der Waals surface area (Å²) in [6, 6.07) is 6.44. The Labute approximate surface area is 121 Å². The summed E-state index contributed by atoms with van der Waals surface area (Å²) in [5.41, 5.74) is 6.14. The average molecular weight is 281 g/mol. The molecule has 0 aliphatic carbocycles. The molecule has 0 atom stereocenters. The minimum Gasteiger partial charge on any atom is -0.476 e. The normalized spacial score (nSPS) is 11.3. The molecule has 0 saturated heterocycles. The summed E-state index contributed by atoms with van der Waals surface area (Å²) in [5.74, 6) is 0.567. The van der Waals surface area contributed by atoms with E-state index in [1.807, 2.05) is 12.1 Å². The number of nitrogens with zero attached hydrogens (tertiary/aromatic N) is 2. The van der Waals surface area contributed by atoms with Gasteiger partial charge in [-0.1, -0.05) is 18.3 Å². The molecule has 4 nitrogen and oxygen atoms in total. The predicted molar refractivity (Wildman–Crippen MR) is 82.6 cm³/mol. The van der Waals surface area contributed by atoms with Crippen molar-refractivity contribution in [2.45, 2.75) is 39.8 Å². The number of aromatic nitrogens is 1. The molecule has 0 amide bonds. The topological polar surface area (TPSA) is 51.4 Å². The predicted octanol–water partition coefficient (Wildman–Crippen LogP) is 2.21. The van der Waals surface area contributed by atoms with E-state index in [2.05, 4.69) is 37.6 Å². The highest BCUT2D eigenvalue weighted by Crippen LogP contribution is 2.09. The van der Waals surface area contributed by atoms with Gasteiger partial charge in [0.1, 0.15) is 17.3 Å². The zero-order valence-electron chi connectivity index (χ0n) is 12.1. The van der Waals surface area contributed by atoms with Crippen LogP contribution >= 0.6 is 12.2 Å². The van der Waals surface area contributed by atoms with Crippen LogP contribution in [0.1, 0.15) is 33.4 Å². The summed E-state index contributed by atoms with van der Waals surface area (Å²) in [5, 5.41) is 0. The summed E-state index contributed by atoms with van der Waals surface area (Å²) in [4.78, 5) is 6.91. The van der Waals surface area contributed by atoms with Crippen molar-refractivity contribution in [3.8, 4) is 5.88 Å². The molecule has 0 bridgehead atoms. The maximum atomic E-state index is 5.66. The van der Waals surface area contributed by atoms with E-state index in [4.69, 9.17) is 22.7 Å². The fraction of sp³-hybridized carbons (Fsp3) is 0.571. The molecule has 2 N–H and O–H groups in total. The van der Waals surface area contributed by atoms with Gasteiger partial charge in [-0.3, -0.25) is 4.90 Å². The summed E-state index contributed by atoms with van der Waals surface area (Å²) in [6.45, 7) is 10.2. The largest absolute Gasteiger partial charge is 0.476 e. The summed E-state index contributed by atoms with van der Waals surface area (Å²) in [6.07, 6.45) is 0.